The van der Waals surface area contributed by atoms with Gasteiger partial charge in [-0.25, -0.2) is 0 Å². The van der Waals surface area contributed by atoms with Crippen molar-refractivity contribution in [3.63, 3.8) is 0 Å². The Morgan fingerprint density at radius 3 is 2.05 bits per heavy atom. The quantitative estimate of drug-likeness (QED) is 0.316. The molecule has 1 atom stereocenters. The molecular formula is C15H29ClO3. The molecule has 3 nitrogen and oxygen atoms in total. The second kappa shape index (κ2) is 14.1. The molecule has 0 aromatic carbocycles. The lowest BCUT2D eigenvalue weighted by Gasteiger charge is -2.12. The summed E-state index contributed by atoms with van der Waals surface area (Å²) in [5.41, 5.74) is 0. The van der Waals surface area contributed by atoms with Gasteiger partial charge in [-0.3, -0.25) is 4.79 Å². The maximum atomic E-state index is 11.4. The van der Waals surface area contributed by atoms with Crippen LogP contribution < -0.4 is 0 Å². The smallest absolute Gasteiger partial charge is 0.306 e. The van der Waals surface area contributed by atoms with Gasteiger partial charge in [0.25, 0.3) is 0 Å². The van der Waals surface area contributed by atoms with E-state index in [2.05, 4.69) is 6.92 Å². The number of esters is 1. The molecule has 0 radical (unpaired) electrons. The molecular weight excluding hydrogens is 264 g/mol. The highest BCUT2D eigenvalue weighted by Gasteiger charge is 2.11. The predicted octanol–water partition coefficient (Wildman–Crippen LogP) is 4.05. The first-order valence-electron chi connectivity index (χ1n) is 7.60. The van der Waals surface area contributed by atoms with E-state index in [4.69, 9.17) is 21.4 Å². The molecule has 0 saturated carbocycles. The number of aliphatic hydroxyl groups is 1. The van der Waals surface area contributed by atoms with Crippen molar-refractivity contribution < 1.29 is 14.6 Å². The fourth-order valence-electron chi connectivity index (χ4n) is 1.94. The summed E-state index contributed by atoms with van der Waals surface area (Å²) in [5.74, 6) is -0.0948. The predicted molar refractivity (Wildman–Crippen MR) is 79.5 cm³/mol. The molecule has 0 fully saturated rings. The summed E-state index contributed by atoms with van der Waals surface area (Å²) < 4.78 is 5.00. The molecule has 0 bridgehead atoms. The number of alkyl halides is 1. The third-order valence-corrected chi connectivity index (χ3v) is 3.50. The van der Waals surface area contributed by atoms with Crippen LogP contribution in [0.25, 0.3) is 0 Å². The number of hydrogen-bond acceptors (Lipinski definition) is 3. The molecule has 0 amide bonds. The molecule has 0 heterocycles. The lowest BCUT2D eigenvalue weighted by atomic mass is 10.1. The van der Waals surface area contributed by atoms with Gasteiger partial charge in [-0.15, -0.1) is 11.6 Å². The fourth-order valence-corrected chi connectivity index (χ4v) is 2.10. The molecule has 4 heteroatoms. The standard InChI is InChI=1S/C15H29ClO3/c1-2-3-4-5-6-7-8-9-10-11-15(18)19-14(12-16)13-17/h14,17H,2-13H2,1H3. The minimum Gasteiger partial charge on any atom is -0.459 e. The summed E-state index contributed by atoms with van der Waals surface area (Å²) >= 11 is 5.53. The topological polar surface area (TPSA) is 46.5 Å². The van der Waals surface area contributed by atoms with E-state index in [-0.39, 0.29) is 18.5 Å². The highest BCUT2D eigenvalue weighted by molar-refractivity contribution is 6.18. The molecule has 0 aliphatic rings. The maximum absolute atomic E-state index is 11.4. The van der Waals surface area contributed by atoms with Gasteiger partial charge in [0.1, 0.15) is 6.10 Å². The van der Waals surface area contributed by atoms with Crippen LogP contribution in [0.5, 0.6) is 0 Å². The Labute approximate surface area is 122 Å². The van der Waals surface area contributed by atoms with Crippen LogP contribution in [0.15, 0.2) is 0 Å². The van der Waals surface area contributed by atoms with Crippen LogP contribution in [0.3, 0.4) is 0 Å². The third kappa shape index (κ3) is 12.5. The number of halogens is 1. The monoisotopic (exact) mass is 292 g/mol. The van der Waals surface area contributed by atoms with Gasteiger partial charge in [0, 0.05) is 6.42 Å². The van der Waals surface area contributed by atoms with Gasteiger partial charge in [0.15, 0.2) is 0 Å². The molecule has 1 unspecified atom stereocenters. The van der Waals surface area contributed by atoms with Gasteiger partial charge in [-0.05, 0) is 6.42 Å². The Morgan fingerprint density at radius 1 is 1.05 bits per heavy atom. The Hall–Kier alpha value is -0.280. The number of aliphatic hydroxyl groups excluding tert-OH is 1. The molecule has 0 aliphatic heterocycles. The highest BCUT2D eigenvalue weighted by atomic mass is 35.5. The van der Waals surface area contributed by atoms with Crippen molar-refractivity contribution in [1.29, 1.82) is 0 Å². The molecule has 0 saturated heterocycles. The Morgan fingerprint density at radius 2 is 1.58 bits per heavy atom. The Bertz CT molecular complexity index is 206. The van der Waals surface area contributed by atoms with Crippen LogP contribution >= 0.6 is 11.6 Å². The second-order valence-electron chi connectivity index (χ2n) is 5.03. The number of unbranched alkanes of at least 4 members (excludes halogenated alkanes) is 8. The molecule has 0 rings (SSSR count). The molecule has 0 aromatic rings. The van der Waals surface area contributed by atoms with Crippen molar-refractivity contribution in [2.75, 3.05) is 12.5 Å². The van der Waals surface area contributed by atoms with Gasteiger partial charge in [0.05, 0.1) is 12.5 Å². The van der Waals surface area contributed by atoms with Crippen LogP contribution in [-0.4, -0.2) is 29.7 Å². The number of hydrogen-bond donors (Lipinski definition) is 1. The van der Waals surface area contributed by atoms with Crippen LogP contribution in [0.4, 0.5) is 0 Å². The summed E-state index contributed by atoms with van der Waals surface area (Å²) in [5, 5.41) is 8.84. The summed E-state index contributed by atoms with van der Waals surface area (Å²) in [4.78, 5) is 11.4. The average Bonchev–Trinajstić information content (AvgIpc) is 2.43. The molecule has 19 heavy (non-hydrogen) atoms. The molecule has 1 N–H and O–H groups in total. The van der Waals surface area contributed by atoms with Crippen LogP contribution in [0, 0.1) is 0 Å². The summed E-state index contributed by atoms with van der Waals surface area (Å²) in [6.07, 6.45) is 10.9. The lowest BCUT2D eigenvalue weighted by Crippen LogP contribution is -2.23. The van der Waals surface area contributed by atoms with Crippen molar-refractivity contribution in [2.45, 2.75) is 77.2 Å². The minimum absolute atomic E-state index is 0.153. The zero-order chi connectivity index (χ0) is 14.3. The van der Waals surface area contributed by atoms with E-state index in [9.17, 15) is 4.79 Å². The molecule has 0 aromatic heterocycles. The van der Waals surface area contributed by atoms with Gasteiger partial charge < -0.3 is 9.84 Å². The van der Waals surface area contributed by atoms with E-state index >= 15 is 0 Å². The molecule has 0 spiro atoms. The van der Waals surface area contributed by atoms with Crippen molar-refractivity contribution in [2.24, 2.45) is 0 Å². The van der Waals surface area contributed by atoms with Crippen LogP contribution in [0.1, 0.15) is 71.1 Å². The van der Waals surface area contributed by atoms with Gasteiger partial charge in [0.2, 0.25) is 0 Å². The van der Waals surface area contributed by atoms with Gasteiger partial charge in [-0.1, -0.05) is 58.3 Å². The van der Waals surface area contributed by atoms with Crippen LogP contribution in [-0.2, 0) is 9.53 Å². The second-order valence-corrected chi connectivity index (χ2v) is 5.34. The highest BCUT2D eigenvalue weighted by Crippen LogP contribution is 2.11. The number of rotatable bonds is 13. The van der Waals surface area contributed by atoms with Crippen LogP contribution in [0.2, 0.25) is 0 Å². The average molecular weight is 293 g/mol. The Kier molecular flexibility index (Phi) is 13.9. The molecule has 0 aliphatic carbocycles. The van der Waals surface area contributed by atoms with E-state index in [1.165, 1.54) is 44.9 Å². The van der Waals surface area contributed by atoms with E-state index < -0.39 is 6.10 Å². The van der Waals surface area contributed by atoms with E-state index in [1.54, 1.807) is 0 Å². The van der Waals surface area contributed by atoms with Crippen molar-refractivity contribution in [3.05, 3.63) is 0 Å². The van der Waals surface area contributed by atoms with Gasteiger partial charge >= 0.3 is 5.97 Å². The van der Waals surface area contributed by atoms with Crippen molar-refractivity contribution in [3.8, 4) is 0 Å². The summed E-state index contributed by atoms with van der Waals surface area (Å²) in [6.45, 7) is 2.03. The van der Waals surface area contributed by atoms with E-state index in [1.807, 2.05) is 0 Å². The maximum Gasteiger partial charge on any atom is 0.306 e. The van der Waals surface area contributed by atoms with Gasteiger partial charge in [-0.2, -0.15) is 0 Å². The lowest BCUT2D eigenvalue weighted by molar-refractivity contribution is -0.149. The minimum atomic E-state index is -0.548. The third-order valence-electron chi connectivity index (χ3n) is 3.16. The normalized spacial score (nSPS) is 12.4. The SMILES string of the molecule is CCCCCCCCCCCC(=O)OC(CO)CCl. The van der Waals surface area contributed by atoms with Crippen molar-refractivity contribution >= 4 is 17.6 Å². The number of carbonyl (C=O) groups excluding carboxylic acids is 1. The Balaban J connectivity index is 3.27. The number of ether oxygens (including phenoxy) is 1. The first-order chi connectivity index (χ1) is 9.24. The zero-order valence-electron chi connectivity index (χ0n) is 12.2. The summed E-state index contributed by atoms with van der Waals surface area (Å²) in [7, 11) is 0. The van der Waals surface area contributed by atoms with E-state index in [0.717, 1.165) is 12.8 Å². The van der Waals surface area contributed by atoms with Crippen molar-refractivity contribution in [1.82, 2.24) is 0 Å². The number of carbonyl (C=O) groups is 1. The summed E-state index contributed by atoms with van der Waals surface area (Å²) in [6, 6.07) is 0. The molecule has 114 valence electrons. The largest absolute Gasteiger partial charge is 0.459 e. The fraction of sp³-hybridized carbons (Fsp3) is 0.933. The first-order valence-corrected chi connectivity index (χ1v) is 8.14. The first kappa shape index (κ1) is 18.7. The zero-order valence-corrected chi connectivity index (χ0v) is 13.0. The van der Waals surface area contributed by atoms with E-state index in [0.29, 0.717) is 6.42 Å².